The number of hydrogen-bond donors (Lipinski definition) is 0. The topological polar surface area (TPSA) is 134 Å². The molecule has 3 aromatic carbocycles. The third-order valence-electron chi connectivity index (χ3n) is 4.70. The van der Waals surface area contributed by atoms with Gasteiger partial charge in [-0.25, -0.2) is 9.79 Å². The first-order chi connectivity index (χ1) is 16.7. The fourth-order valence-electron chi connectivity index (χ4n) is 3.07. The van der Waals surface area contributed by atoms with E-state index in [9.17, 15) is 23.3 Å². The summed E-state index contributed by atoms with van der Waals surface area (Å²) in [6.07, 6.45) is 1.43. The van der Waals surface area contributed by atoms with Gasteiger partial charge >= 0.3 is 16.1 Å². The van der Waals surface area contributed by atoms with Crippen molar-refractivity contribution < 1.29 is 31.8 Å². The van der Waals surface area contributed by atoms with Crippen LogP contribution < -0.4 is 8.92 Å². The van der Waals surface area contributed by atoms with Gasteiger partial charge in [0.25, 0.3) is 5.69 Å². The fraction of sp³-hybridized carbons (Fsp3) is 0.0435. The molecule has 35 heavy (non-hydrogen) atoms. The number of esters is 1. The van der Waals surface area contributed by atoms with E-state index in [1.54, 1.807) is 24.3 Å². The summed E-state index contributed by atoms with van der Waals surface area (Å²) >= 11 is 5.97. The van der Waals surface area contributed by atoms with Gasteiger partial charge in [-0.3, -0.25) is 10.1 Å². The number of non-ortho nitro benzene ring substituents is 1. The summed E-state index contributed by atoms with van der Waals surface area (Å²) in [6, 6.07) is 15.4. The van der Waals surface area contributed by atoms with Gasteiger partial charge in [0, 0.05) is 22.7 Å². The molecule has 0 N–H and O–H groups in total. The van der Waals surface area contributed by atoms with Crippen LogP contribution in [0.25, 0.3) is 6.08 Å². The van der Waals surface area contributed by atoms with Crippen LogP contribution in [0.5, 0.6) is 11.5 Å². The molecule has 0 radical (unpaired) electrons. The molecule has 10 nitrogen and oxygen atoms in total. The number of ether oxygens (including phenoxy) is 2. The van der Waals surface area contributed by atoms with Gasteiger partial charge in [0.15, 0.2) is 17.2 Å². The summed E-state index contributed by atoms with van der Waals surface area (Å²) in [5.74, 6) is -0.691. The van der Waals surface area contributed by atoms with E-state index < -0.39 is 31.6 Å². The van der Waals surface area contributed by atoms with E-state index in [2.05, 4.69) is 4.99 Å². The number of carbonyl (C=O) groups excluding carboxylic acids is 1. The Labute approximate surface area is 204 Å². The molecule has 0 saturated carbocycles. The zero-order valence-electron chi connectivity index (χ0n) is 17.9. The van der Waals surface area contributed by atoms with Gasteiger partial charge < -0.3 is 13.7 Å². The first-order valence-electron chi connectivity index (χ1n) is 9.82. The molecule has 1 heterocycles. The van der Waals surface area contributed by atoms with Crippen LogP contribution in [-0.4, -0.2) is 32.3 Å². The molecule has 0 saturated heterocycles. The number of carbonyl (C=O) groups is 1. The van der Waals surface area contributed by atoms with E-state index in [4.69, 9.17) is 25.3 Å². The van der Waals surface area contributed by atoms with Crippen molar-refractivity contribution in [2.75, 3.05) is 7.11 Å². The van der Waals surface area contributed by atoms with Crippen LogP contribution in [0.1, 0.15) is 11.1 Å². The highest BCUT2D eigenvalue weighted by molar-refractivity contribution is 7.87. The lowest BCUT2D eigenvalue weighted by Crippen LogP contribution is -2.10. The minimum absolute atomic E-state index is 0.0138. The monoisotopic (exact) mass is 514 g/mol. The smallest absolute Gasteiger partial charge is 0.363 e. The van der Waals surface area contributed by atoms with Crippen molar-refractivity contribution >= 4 is 45.3 Å². The zero-order chi connectivity index (χ0) is 25.2. The fourth-order valence-corrected chi connectivity index (χ4v) is 4.24. The van der Waals surface area contributed by atoms with Gasteiger partial charge in [0.2, 0.25) is 5.90 Å². The van der Waals surface area contributed by atoms with E-state index in [-0.39, 0.29) is 23.1 Å². The quantitative estimate of drug-likeness (QED) is 0.149. The van der Waals surface area contributed by atoms with Crippen LogP contribution in [0.2, 0.25) is 5.02 Å². The molecule has 0 unspecified atom stereocenters. The maximum atomic E-state index is 12.6. The second-order valence-corrected chi connectivity index (χ2v) is 9.03. The summed E-state index contributed by atoms with van der Waals surface area (Å²) in [6.45, 7) is 0. The van der Waals surface area contributed by atoms with Crippen molar-refractivity contribution in [3.8, 4) is 11.5 Å². The number of nitro benzene ring substituents is 1. The Balaban J connectivity index is 1.61. The van der Waals surface area contributed by atoms with Gasteiger partial charge in [-0.2, -0.15) is 8.42 Å². The van der Waals surface area contributed by atoms with Crippen LogP contribution in [0.15, 0.2) is 82.3 Å². The van der Waals surface area contributed by atoms with Gasteiger partial charge in [0.1, 0.15) is 4.90 Å². The van der Waals surface area contributed by atoms with E-state index in [1.165, 1.54) is 43.5 Å². The van der Waals surface area contributed by atoms with Crippen molar-refractivity contribution in [1.29, 1.82) is 0 Å². The van der Waals surface area contributed by atoms with Crippen LogP contribution in [0.3, 0.4) is 0 Å². The molecule has 0 fully saturated rings. The zero-order valence-corrected chi connectivity index (χ0v) is 19.4. The standard InChI is InChI=1S/C23H15ClN2O8S/c1-32-21-11-14(10-19-23(27)33-22(25-19)15-4-2-5-16(24)12-15)8-9-20(21)34-35(30,31)18-7-3-6-17(13-18)26(28)29/h2-13H,1H3/b19-10+. The first-order valence-corrected chi connectivity index (χ1v) is 11.6. The molecule has 4 rings (SSSR count). The first kappa shape index (κ1) is 23.9. The van der Waals surface area contributed by atoms with Crippen molar-refractivity contribution in [1.82, 2.24) is 0 Å². The van der Waals surface area contributed by atoms with Crippen LogP contribution >= 0.6 is 11.6 Å². The Kier molecular flexibility index (Phi) is 6.54. The predicted molar refractivity (Wildman–Crippen MR) is 126 cm³/mol. The van der Waals surface area contributed by atoms with Crippen LogP contribution in [-0.2, 0) is 19.6 Å². The largest absolute Gasteiger partial charge is 0.493 e. The van der Waals surface area contributed by atoms with Gasteiger partial charge in [-0.15, -0.1) is 0 Å². The van der Waals surface area contributed by atoms with Gasteiger partial charge in [0.05, 0.1) is 12.0 Å². The summed E-state index contributed by atoms with van der Waals surface area (Å²) in [5, 5.41) is 11.4. The highest BCUT2D eigenvalue weighted by Crippen LogP contribution is 2.32. The number of hydrogen-bond acceptors (Lipinski definition) is 9. The van der Waals surface area contributed by atoms with Crippen LogP contribution in [0.4, 0.5) is 5.69 Å². The number of benzene rings is 3. The summed E-state index contributed by atoms with van der Waals surface area (Å²) in [7, 11) is -3.09. The van der Waals surface area contributed by atoms with E-state index in [0.29, 0.717) is 16.1 Å². The molecule has 0 spiro atoms. The SMILES string of the molecule is COc1cc(/C=C2/N=C(c3cccc(Cl)c3)OC2=O)ccc1OS(=O)(=O)c1cccc([N+](=O)[O-])c1. The summed E-state index contributed by atoms with van der Waals surface area (Å²) < 4.78 is 40.9. The molecule has 0 amide bonds. The summed E-state index contributed by atoms with van der Waals surface area (Å²) in [4.78, 5) is 26.3. The molecule has 0 bridgehead atoms. The van der Waals surface area contributed by atoms with Crippen molar-refractivity contribution in [2.24, 2.45) is 4.99 Å². The van der Waals surface area contributed by atoms with Crippen LogP contribution in [0, 0.1) is 10.1 Å². The number of halogens is 1. The molecule has 1 aliphatic heterocycles. The highest BCUT2D eigenvalue weighted by Gasteiger charge is 2.25. The molecule has 0 atom stereocenters. The van der Waals surface area contributed by atoms with Gasteiger partial charge in [-0.1, -0.05) is 29.8 Å². The van der Waals surface area contributed by atoms with E-state index in [1.807, 2.05) is 0 Å². The Morgan fingerprint density at radius 3 is 2.54 bits per heavy atom. The Morgan fingerprint density at radius 2 is 1.83 bits per heavy atom. The summed E-state index contributed by atoms with van der Waals surface area (Å²) in [5.41, 5.74) is 0.594. The average molecular weight is 515 g/mol. The second kappa shape index (κ2) is 9.57. The number of nitrogens with zero attached hydrogens (tertiary/aromatic N) is 2. The van der Waals surface area contributed by atoms with Gasteiger partial charge in [-0.05, 0) is 48.0 Å². The number of rotatable bonds is 7. The molecular formula is C23H15ClN2O8S. The number of nitro groups is 1. The molecule has 3 aromatic rings. The third kappa shape index (κ3) is 5.31. The van der Waals surface area contributed by atoms with Crippen molar-refractivity contribution in [3.05, 3.63) is 98.7 Å². The Hall–Kier alpha value is -4.22. The number of aliphatic imine (C=N–C) groups is 1. The number of cyclic esters (lactones) is 1. The molecular weight excluding hydrogens is 500 g/mol. The molecule has 1 aliphatic rings. The minimum Gasteiger partial charge on any atom is -0.493 e. The number of methoxy groups -OCH3 is 1. The predicted octanol–water partition coefficient (Wildman–Crippen LogP) is 4.37. The maximum Gasteiger partial charge on any atom is 0.363 e. The average Bonchev–Trinajstić information content (AvgIpc) is 3.20. The second-order valence-electron chi connectivity index (χ2n) is 7.05. The Bertz CT molecular complexity index is 1520. The normalized spacial score (nSPS) is 14.4. The highest BCUT2D eigenvalue weighted by atomic mass is 35.5. The lowest BCUT2D eigenvalue weighted by molar-refractivity contribution is -0.385. The molecule has 12 heteroatoms. The molecule has 0 aliphatic carbocycles. The van der Waals surface area contributed by atoms with E-state index >= 15 is 0 Å². The minimum atomic E-state index is -4.39. The molecule has 178 valence electrons. The third-order valence-corrected chi connectivity index (χ3v) is 6.17. The van der Waals surface area contributed by atoms with Crippen molar-refractivity contribution in [2.45, 2.75) is 4.90 Å². The van der Waals surface area contributed by atoms with Crippen molar-refractivity contribution in [3.63, 3.8) is 0 Å². The lowest BCUT2D eigenvalue weighted by atomic mass is 10.1. The molecule has 0 aromatic heterocycles. The maximum absolute atomic E-state index is 12.6. The van der Waals surface area contributed by atoms with E-state index in [0.717, 1.165) is 12.1 Å². The lowest BCUT2D eigenvalue weighted by Gasteiger charge is -2.11. The Morgan fingerprint density at radius 1 is 1.06 bits per heavy atom.